The second-order valence-corrected chi connectivity index (χ2v) is 17.1. The van der Waals surface area contributed by atoms with E-state index in [1.807, 2.05) is 0 Å². The van der Waals surface area contributed by atoms with Gasteiger partial charge < -0.3 is 14.5 Å². The SMILES string of the molecule is Cc1cccc2c1N1c3ccccc3C(C)(C)c3cc(-c4cccc(N(c5ccc(-c6ccccc6)cc5)c5ccc6c(c5)C(C)(C)c5ccccc5-6)c4)cc(c31)O2. The first-order chi connectivity index (χ1) is 28.2. The maximum absolute atomic E-state index is 6.88. The van der Waals surface area contributed by atoms with E-state index in [9.17, 15) is 0 Å². The molecule has 3 heteroatoms. The quantitative estimate of drug-likeness (QED) is 0.174. The summed E-state index contributed by atoms with van der Waals surface area (Å²) in [7, 11) is 0. The number of rotatable bonds is 5. The highest BCUT2D eigenvalue weighted by Crippen LogP contribution is 2.61. The summed E-state index contributed by atoms with van der Waals surface area (Å²) in [4.78, 5) is 4.85. The van der Waals surface area contributed by atoms with Crippen LogP contribution in [0.5, 0.6) is 11.5 Å². The first-order valence-electron chi connectivity index (χ1n) is 20.3. The smallest absolute Gasteiger partial charge is 0.152 e. The molecule has 3 nitrogen and oxygen atoms in total. The molecule has 0 N–H and O–H groups in total. The lowest BCUT2D eigenvalue weighted by Gasteiger charge is -2.45. The summed E-state index contributed by atoms with van der Waals surface area (Å²) in [5.41, 5.74) is 20.2. The van der Waals surface area contributed by atoms with Crippen molar-refractivity contribution >= 4 is 34.1 Å². The van der Waals surface area contributed by atoms with Crippen LogP contribution in [0, 0.1) is 6.92 Å². The third-order valence-electron chi connectivity index (χ3n) is 12.9. The monoisotopic (exact) mass is 748 g/mol. The Kier molecular flexibility index (Phi) is 7.46. The van der Waals surface area contributed by atoms with Crippen LogP contribution in [-0.2, 0) is 10.8 Å². The molecule has 280 valence electrons. The third-order valence-corrected chi connectivity index (χ3v) is 12.9. The molecule has 8 aromatic carbocycles. The van der Waals surface area contributed by atoms with E-state index in [2.05, 4.69) is 220 Å². The molecule has 58 heavy (non-hydrogen) atoms. The van der Waals surface area contributed by atoms with Gasteiger partial charge in [-0.2, -0.15) is 0 Å². The van der Waals surface area contributed by atoms with Crippen molar-refractivity contribution in [2.75, 3.05) is 9.80 Å². The van der Waals surface area contributed by atoms with Crippen LogP contribution in [-0.4, -0.2) is 0 Å². The molecule has 8 aromatic rings. The number of ether oxygens (including phenoxy) is 1. The number of hydrogen-bond acceptors (Lipinski definition) is 3. The van der Waals surface area contributed by atoms with Crippen molar-refractivity contribution in [1.29, 1.82) is 0 Å². The van der Waals surface area contributed by atoms with Crippen LogP contribution in [0.25, 0.3) is 33.4 Å². The Balaban J connectivity index is 1.07. The summed E-state index contributed by atoms with van der Waals surface area (Å²) < 4.78 is 6.88. The highest BCUT2D eigenvalue weighted by atomic mass is 16.5. The maximum atomic E-state index is 6.88. The Morgan fingerprint density at radius 1 is 0.414 bits per heavy atom. The van der Waals surface area contributed by atoms with E-state index < -0.39 is 0 Å². The zero-order chi connectivity index (χ0) is 39.3. The topological polar surface area (TPSA) is 15.7 Å². The molecule has 0 fully saturated rings. The van der Waals surface area contributed by atoms with E-state index in [4.69, 9.17) is 4.74 Å². The van der Waals surface area contributed by atoms with Gasteiger partial charge in [-0.25, -0.2) is 0 Å². The van der Waals surface area contributed by atoms with Crippen molar-refractivity contribution in [1.82, 2.24) is 0 Å². The lowest BCUT2D eigenvalue weighted by Crippen LogP contribution is -2.32. The normalized spacial score (nSPS) is 14.7. The highest BCUT2D eigenvalue weighted by Gasteiger charge is 2.42. The van der Waals surface area contributed by atoms with Crippen LogP contribution in [0.3, 0.4) is 0 Å². The molecule has 11 rings (SSSR count). The van der Waals surface area contributed by atoms with E-state index in [-0.39, 0.29) is 10.8 Å². The summed E-state index contributed by atoms with van der Waals surface area (Å²) >= 11 is 0. The zero-order valence-electron chi connectivity index (χ0n) is 33.5. The van der Waals surface area contributed by atoms with Crippen LogP contribution in [0.2, 0.25) is 0 Å². The largest absolute Gasteiger partial charge is 0.453 e. The average molecular weight is 749 g/mol. The molecule has 0 unspecified atom stereocenters. The van der Waals surface area contributed by atoms with Gasteiger partial charge in [0, 0.05) is 27.9 Å². The minimum atomic E-state index is -0.254. The fraction of sp³-hybridized carbons (Fsp3) is 0.127. The molecular weight excluding hydrogens is 705 g/mol. The molecule has 0 saturated heterocycles. The van der Waals surface area contributed by atoms with Crippen molar-refractivity contribution < 1.29 is 4.74 Å². The first kappa shape index (κ1) is 34.4. The average Bonchev–Trinajstić information content (AvgIpc) is 3.48. The third kappa shape index (κ3) is 5.06. The summed E-state index contributed by atoms with van der Waals surface area (Å²) in [5, 5.41) is 0. The maximum Gasteiger partial charge on any atom is 0.152 e. The van der Waals surface area contributed by atoms with Crippen LogP contribution < -0.4 is 14.5 Å². The molecule has 0 bridgehead atoms. The predicted octanol–water partition coefficient (Wildman–Crippen LogP) is 15.3. The van der Waals surface area contributed by atoms with Crippen molar-refractivity contribution in [3.63, 3.8) is 0 Å². The Morgan fingerprint density at radius 2 is 1.05 bits per heavy atom. The molecule has 2 aliphatic heterocycles. The highest BCUT2D eigenvalue weighted by molar-refractivity contribution is 5.96. The molecule has 3 aliphatic rings. The summed E-state index contributed by atoms with van der Waals surface area (Å²) in [6.07, 6.45) is 0. The second-order valence-electron chi connectivity index (χ2n) is 17.1. The molecule has 0 saturated carbocycles. The van der Waals surface area contributed by atoms with Crippen LogP contribution in [0.1, 0.15) is 55.5 Å². The minimum absolute atomic E-state index is 0.117. The standard InChI is InChI=1S/C55H44N2O/c1-35-15-13-24-50-52(35)57-49-23-12-11-22-46(49)55(4,5)48-32-39(33-51(58-50)53(48)57)38-18-14-19-41(31-38)56(40-27-25-37(26-28-40)36-16-7-6-8-17-36)42-29-30-44-43-20-9-10-21-45(43)54(2,3)47(44)34-42/h6-34H,1-5H3. The predicted molar refractivity (Wildman–Crippen MR) is 241 cm³/mol. The fourth-order valence-corrected chi connectivity index (χ4v) is 9.91. The number of benzene rings is 8. The van der Waals surface area contributed by atoms with E-state index in [0.29, 0.717) is 0 Å². The summed E-state index contributed by atoms with van der Waals surface area (Å²) in [6.45, 7) is 11.6. The van der Waals surface area contributed by atoms with Gasteiger partial charge in [0.1, 0.15) is 0 Å². The van der Waals surface area contributed by atoms with Crippen molar-refractivity contribution in [3.05, 3.63) is 204 Å². The zero-order valence-corrected chi connectivity index (χ0v) is 33.5. The molecule has 0 amide bonds. The number of para-hydroxylation sites is 2. The Labute approximate surface area is 341 Å². The van der Waals surface area contributed by atoms with E-state index in [1.54, 1.807) is 0 Å². The molecule has 0 aromatic heterocycles. The second kappa shape index (κ2) is 12.6. The lowest BCUT2D eigenvalue weighted by atomic mass is 9.72. The number of nitrogens with zero attached hydrogens (tertiary/aromatic N) is 2. The van der Waals surface area contributed by atoms with Crippen molar-refractivity contribution in [2.24, 2.45) is 0 Å². The van der Waals surface area contributed by atoms with Gasteiger partial charge in [0.2, 0.25) is 0 Å². The van der Waals surface area contributed by atoms with Crippen LogP contribution >= 0.6 is 0 Å². The molecule has 0 radical (unpaired) electrons. The Morgan fingerprint density at radius 3 is 1.88 bits per heavy atom. The van der Waals surface area contributed by atoms with E-state index in [1.165, 1.54) is 55.8 Å². The van der Waals surface area contributed by atoms with Gasteiger partial charge in [-0.05, 0) is 129 Å². The molecule has 0 spiro atoms. The molecule has 1 aliphatic carbocycles. The van der Waals surface area contributed by atoms with Gasteiger partial charge in [0.05, 0.1) is 17.1 Å². The van der Waals surface area contributed by atoms with Gasteiger partial charge in [-0.1, -0.05) is 143 Å². The lowest BCUT2D eigenvalue weighted by molar-refractivity contribution is 0.471. The van der Waals surface area contributed by atoms with Crippen molar-refractivity contribution in [3.8, 4) is 44.9 Å². The summed E-state index contributed by atoms with van der Waals surface area (Å²) in [5.74, 6) is 1.76. The van der Waals surface area contributed by atoms with E-state index >= 15 is 0 Å². The number of fused-ring (bicyclic) bond motifs is 7. The first-order valence-corrected chi connectivity index (χ1v) is 20.3. The Bertz CT molecular complexity index is 2940. The number of anilines is 6. The Hall–Kier alpha value is -6.84. The molecule has 0 atom stereocenters. The van der Waals surface area contributed by atoms with Crippen LogP contribution in [0.15, 0.2) is 176 Å². The number of hydrogen-bond donors (Lipinski definition) is 0. The van der Waals surface area contributed by atoms with Gasteiger partial charge in [0.15, 0.2) is 11.5 Å². The summed E-state index contributed by atoms with van der Waals surface area (Å²) in [6, 6.07) is 64.4. The fourth-order valence-electron chi connectivity index (χ4n) is 9.91. The van der Waals surface area contributed by atoms with E-state index in [0.717, 1.165) is 51.1 Å². The van der Waals surface area contributed by atoms with Crippen LogP contribution in [0.4, 0.5) is 34.1 Å². The molecular formula is C55H44N2O. The van der Waals surface area contributed by atoms with Gasteiger partial charge in [0.25, 0.3) is 0 Å². The minimum Gasteiger partial charge on any atom is -0.453 e. The van der Waals surface area contributed by atoms with Gasteiger partial charge in [-0.3, -0.25) is 0 Å². The van der Waals surface area contributed by atoms with Crippen molar-refractivity contribution in [2.45, 2.75) is 45.4 Å². The number of aryl methyl sites for hydroxylation is 1. The van der Waals surface area contributed by atoms with Gasteiger partial charge in [-0.15, -0.1) is 0 Å². The van der Waals surface area contributed by atoms with Gasteiger partial charge >= 0.3 is 0 Å². The molecule has 2 heterocycles.